The summed E-state index contributed by atoms with van der Waals surface area (Å²) in [5.74, 6) is 0. The monoisotopic (exact) mass is 266 g/mol. The van der Waals surface area contributed by atoms with Crippen molar-refractivity contribution in [2.24, 2.45) is 0 Å². The zero-order valence-electron chi connectivity index (χ0n) is 10.7. The maximum Gasteiger partial charge on any atom is 0.109 e. The second-order valence-corrected chi connectivity index (χ2v) is 5.18. The molecule has 94 valence electrons. The van der Waals surface area contributed by atoms with Crippen LogP contribution in [0, 0.1) is 0 Å². The van der Waals surface area contributed by atoms with Crippen LogP contribution in [0.3, 0.4) is 0 Å². The highest BCUT2D eigenvalue weighted by Gasteiger charge is 2.08. The molecule has 0 aliphatic rings. The number of rotatable bonds is 3. The Labute approximate surface area is 116 Å². The molecule has 1 aromatic heterocycles. The lowest BCUT2D eigenvalue weighted by molar-refractivity contribution is 1.12. The summed E-state index contributed by atoms with van der Waals surface area (Å²) in [4.78, 5) is 1.24. The SMILES string of the molecule is CCc1snnc1-c1ccc(-c2ccccc2)cc1. The summed E-state index contributed by atoms with van der Waals surface area (Å²) in [7, 11) is 0. The minimum absolute atomic E-state index is 0.980. The molecular weight excluding hydrogens is 252 g/mol. The molecule has 3 rings (SSSR count). The Kier molecular flexibility index (Phi) is 3.38. The van der Waals surface area contributed by atoms with Crippen molar-refractivity contribution >= 4 is 11.5 Å². The first-order chi connectivity index (χ1) is 9.38. The molecule has 0 aliphatic carbocycles. The number of aromatic nitrogens is 2. The lowest BCUT2D eigenvalue weighted by atomic mass is 10.0. The largest absolute Gasteiger partial charge is 0.138 e. The van der Waals surface area contributed by atoms with Crippen LogP contribution in [0.2, 0.25) is 0 Å². The van der Waals surface area contributed by atoms with Gasteiger partial charge in [-0.2, -0.15) is 0 Å². The molecule has 0 bridgehead atoms. The summed E-state index contributed by atoms with van der Waals surface area (Å²) in [6.45, 7) is 2.14. The molecule has 0 atom stereocenters. The molecule has 19 heavy (non-hydrogen) atoms. The topological polar surface area (TPSA) is 25.8 Å². The molecule has 0 saturated carbocycles. The highest BCUT2D eigenvalue weighted by atomic mass is 32.1. The zero-order chi connectivity index (χ0) is 13.1. The van der Waals surface area contributed by atoms with Crippen LogP contribution in [0.5, 0.6) is 0 Å². The van der Waals surface area contributed by atoms with Gasteiger partial charge in [-0.3, -0.25) is 0 Å². The van der Waals surface area contributed by atoms with Gasteiger partial charge in [0.25, 0.3) is 0 Å². The first-order valence-corrected chi connectivity index (χ1v) is 7.13. The Hall–Kier alpha value is -2.00. The van der Waals surface area contributed by atoms with Crippen LogP contribution in [-0.2, 0) is 6.42 Å². The highest BCUT2D eigenvalue weighted by Crippen LogP contribution is 2.27. The van der Waals surface area contributed by atoms with Gasteiger partial charge in [0, 0.05) is 5.56 Å². The van der Waals surface area contributed by atoms with Crippen LogP contribution in [0.1, 0.15) is 11.8 Å². The van der Waals surface area contributed by atoms with Gasteiger partial charge in [0.15, 0.2) is 0 Å². The molecule has 0 fully saturated rings. The molecule has 3 heteroatoms. The Morgan fingerprint density at radius 3 is 2.16 bits per heavy atom. The van der Waals surface area contributed by atoms with Gasteiger partial charge in [-0.1, -0.05) is 66.0 Å². The summed E-state index contributed by atoms with van der Waals surface area (Å²) in [5, 5.41) is 4.23. The van der Waals surface area contributed by atoms with Crippen LogP contribution in [-0.4, -0.2) is 9.59 Å². The van der Waals surface area contributed by atoms with Crippen molar-refractivity contribution in [3.8, 4) is 22.4 Å². The van der Waals surface area contributed by atoms with E-state index in [1.165, 1.54) is 27.5 Å². The summed E-state index contributed by atoms with van der Waals surface area (Å²) in [6.07, 6.45) is 0.980. The van der Waals surface area contributed by atoms with E-state index in [-0.39, 0.29) is 0 Å². The Balaban J connectivity index is 1.96. The predicted octanol–water partition coefficient (Wildman–Crippen LogP) is 4.43. The summed E-state index contributed by atoms with van der Waals surface area (Å²) in [5.41, 5.74) is 4.63. The average molecular weight is 266 g/mol. The first kappa shape index (κ1) is 12.1. The molecule has 2 nitrogen and oxygen atoms in total. The van der Waals surface area contributed by atoms with Gasteiger partial charge in [-0.05, 0) is 29.1 Å². The summed E-state index contributed by atoms with van der Waals surface area (Å²) in [6, 6.07) is 18.9. The van der Waals surface area contributed by atoms with Gasteiger partial charge in [0.2, 0.25) is 0 Å². The highest BCUT2D eigenvalue weighted by molar-refractivity contribution is 7.05. The molecule has 0 N–H and O–H groups in total. The smallest absolute Gasteiger partial charge is 0.109 e. The fourth-order valence-corrected chi connectivity index (χ4v) is 2.71. The van der Waals surface area contributed by atoms with Crippen LogP contribution in [0.4, 0.5) is 0 Å². The third-order valence-electron chi connectivity index (χ3n) is 3.14. The van der Waals surface area contributed by atoms with E-state index in [2.05, 4.69) is 65.0 Å². The van der Waals surface area contributed by atoms with Crippen molar-refractivity contribution in [3.05, 3.63) is 59.5 Å². The van der Waals surface area contributed by atoms with Crippen molar-refractivity contribution in [2.45, 2.75) is 13.3 Å². The van der Waals surface area contributed by atoms with Gasteiger partial charge in [0.1, 0.15) is 5.69 Å². The van der Waals surface area contributed by atoms with Crippen molar-refractivity contribution in [2.75, 3.05) is 0 Å². The Morgan fingerprint density at radius 1 is 0.842 bits per heavy atom. The number of benzene rings is 2. The lowest BCUT2D eigenvalue weighted by Gasteiger charge is -2.03. The lowest BCUT2D eigenvalue weighted by Crippen LogP contribution is -1.84. The minimum atomic E-state index is 0.980. The average Bonchev–Trinajstić information content (AvgIpc) is 2.97. The molecule has 0 aliphatic heterocycles. The van der Waals surface area contributed by atoms with Crippen molar-refractivity contribution in [3.63, 3.8) is 0 Å². The van der Waals surface area contributed by atoms with E-state index in [1.807, 2.05) is 6.07 Å². The van der Waals surface area contributed by atoms with E-state index in [4.69, 9.17) is 0 Å². The summed E-state index contributed by atoms with van der Waals surface area (Å²) >= 11 is 1.48. The van der Waals surface area contributed by atoms with Crippen LogP contribution < -0.4 is 0 Å². The number of aryl methyl sites for hydroxylation is 1. The fraction of sp³-hybridized carbons (Fsp3) is 0.125. The third-order valence-corrected chi connectivity index (χ3v) is 4.01. The zero-order valence-corrected chi connectivity index (χ0v) is 11.5. The minimum Gasteiger partial charge on any atom is -0.138 e. The first-order valence-electron chi connectivity index (χ1n) is 6.35. The van der Waals surface area contributed by atoms with Crippen molar-refractivity contribution in [1.29, 1.82) is 0 Å². The molecule has 1 heterocycles. The molecule has 0 unspecified atom stereocenters. The van der Waals surface area contributed by atoms with E-state index < -0.39 is 0 Å². The number of hydrogen-bond acceptors (Lipinski definition) is 3. The van der Waals surface area contributed by atoms with Gasteiger partial charge >= 0.3 is 0 Å². The molecule has 0 radical (unpaired) electrons. The maximum absolute atomic E-state index is 4.23. The molecule has 3 aromatic rings. The standard InChI is InChI=1S/C16H14N2S/c1-2-15-16(17-18-19-15)14-10-8-13(9-11-14)12-6-4-3-5-7-12/h3-11H,2H2,1H3. The van der Waals surface area contributed by atoms with E-state index in [0.717, 1.165) is 17.7 Å². The molecule has 0 spiro atoms. The van der Waals surface area contributed by atoms with E-state index in [1.54, 1.807) is 0 Å². The quantitative estimate of drug-likeness (QED) is 0.700. The Bertz CT molecular complexity index is 657. The predicted molar refractivity (Wildman–Crippen MR) is 80.2 cm³/mol. The number of hydrogen-bond donors (Lipinski definition) is 0. The maximum atomic E-state index is 4.23. The van der Waals surface area contributed by atoms with Gasteiger partial charge in [-0.25, -0.2) is 0 Å². The van der Waals surface area contributed by atoms with Gasteiger partial charge in [-0.15, -0.1) is 5.10 Å². The van der Waals surface area contributed by atoms with E-state index in [0.29, 0.717) is 0 Å². The summed E-state index contributed by atoms with van der Waals surface area (Å²) < 4.78 is 4.04. The molecular formula is C16H14N2S. The van der Waals surface area contributed by atoms with Gasteiger partial charge in [0.05, 0.1) is 4.88 Å². The molecule has 2 aromatic carbocycles. The van der Waals surface area contributed by atoms with E-state index in [9.17, 15) is 0 Å². The third kappa shape index (κ3) is 2.42. The van der Waals surface area contributed by atoms with Gasteiger partial charge < -0.3 is 0 Å². The molecule has 0 saturated heterocycles. The van der Waals surface area contributed by atoms with Crippen molar-refractivity contribution < 1.29 is 0 Å². The fourth-order valence-electron chi connectivity index (χ4n) is 2.11. The van der Waals surface area contributed by atoms with Crippen LogP contribution >= 0.6 is 11.5 Å². The Morgan fingerprint density at radius 2 is 1.47 bits per heavy atom. The van der Waals surface area contributed by atoms with Crippen LogP contribution in [0.25, 0.3) is 22.4 Å². The molecule has 0 amide bonds. The second-order valence-electron chi connectivity index (χ2n) is 4.34. The van der Waals surface area contributed by atoms with Crippen molar-refractivity contribution in [1.82, 2.24) is 9.59 Å². The number of nitrogens with zero attached hydrogens (tertiary/aromatic N) is 2. The normalized spacial score (nSPS) is 10.6. The van der Waals surface area contributed by atoms with E-state index >= 15 is 0 Å². The second kappa shape index (κ2) is 5.33. The van der Waals surface area contributed by atoms with Crippen LogP contribution in [0.15, 0.2) is 54.6 Å².